The Morgan fingerprint density at radius 2 is 1.93 bits per heavy atom. The second-order valence-corrected chi connectivity index (χ2v) is 6.10. The molecule has 0 unspecified atom stereocenters. The standard InChI is InChI=1S/C19H13F3N4O/c1-10-6-14-16(9-23-10)26-18(25-14)15-7-11(8-24-15)17(27)12-4-2-3-5-13(12)19(20,21)22/h2-9,24H,1H3,(H,25,26). The van der Waals surface area contributed by atoms with Crippen LogP contribution >= 0.6 is 0 Å². The van der Waals surface area contributed by atoms with Gasteiger partial charge in [0.15, 0.2) is 11.6 Å². The number of hydrogen-bond donors (Lipinski definition) is 2. The van der Waals surface area contributed by atoms with Crippen LogP contribution in [0.3, 0.4) is 0 Å². The summed E-state index contributed by atoms with van der Waals surface area (Å²) in [5, 5.41) is 0. The van der Waals surface area contributed by atoms with Gasteiger partial charge in [-0.3, -0.25) is 9.78 Å². The van der Waals surface area contributed by atoms with Crippen LogP contribution in [0.1, 0.15) is 27.2 Å². The van der Waals surface area contributed by atoms with Crippen LogP contribution in [0.4, 0.5) is 13.2 Å². The van der Waals surface area contributed by atoms with Crippen molar-refractivity contribution < 1.29 is 18.0 Å². The summed E-state index contributed by atoms with van der Waals surface area (Å²) < 4.78 is 39.5. The highest BCUT2D eigenvalue weighted by Gasteiger charge is 2.35. The predicted molar refractivity (Wildman–Crippen MR) is 93.3 cm³/mol. The predicted octanol–water partition coefficient (Wildman–Crippen LogP) is 4.51. The maximum atomic E-state index is 13.2. The van der Waals surface area contributed by atoms with Crippen LogP contribution in [0.25, 0.3) is 22.6 Å². The summed E-state index contributed by atoms with van der Waals surface area (Å²) in [6.07, 6.45) is -1.60. The molecule has 27 heavy (non-hydrogen) atoms. The third-order valence-corrected chi connectivity index (χ3v) is 4.18. The van der Waals surface area contributed by atoms with Gasteiger partial charge in [0.1, 0.15) is 5.52 Å². The Kier molecular flexibility index (Phi) is 3.83. The van der Waals surface area contributed by atoms with Gasteiger partial charge in [0.2, 0.25) is 0 Å². The second-order valence-electron chi connectivity index (χ2n) is 6.10. The Bertz CT molecular complexity index is 1160. The van der Waals surface area contributed by atoms with Gasteiger partial charge in [-0.25, -0.2) is 4.98 Å². The molecule has 0 aliphatic heterocycles. The zero-order valence-corrected chi connectivity index (χ0v) is 14.1. The zero-order valence-electron chi connectivity index (χ0n) is 14.1. The molecule has 3 heterocycles. The molecule has 0 bridgehead atoms. The largest absolute Gasteiger partial charge is 0.417 e. The molecule has 0 aliphatic rings. The van der Waals surface area contributed by atoms with Crippen LogP contribution in [0.15, 0.2) is 48.8 Å². The minimum absolute atomic E-state index is 0.122. The van der Waals surface area contributed by atoms with E-state index in [1.165, 1.54) is 30.5 Å². The van der Waals surface area contributed by atoms with E-state index in [0.717, 1.165) is 17.3 Å². The van der Waals surface area contributed by atoms with Crippen molar-refractivity contribution in [1.82, 2.24) is 19.9 Å². The Morgan fingerprint density at radius 3 is 2.70 bits per heavy atom. The number of halogens is 3. The smallest absolute Gasteiger partial charge is 0.358 e. The number of alkyl halides is 3. The highest BCUT2D eigenvalue weighted by molar-refractivity contribution is 6.10. The molecule has 0 aliphatic carbocycles. The van der Waals surface area contributed by atoms with E-state index in [0.29, 0.717) is 17.0 Å². The lowest BCUT2D eigenvalue weighted by Crippen LogP contribution is -2.13. The van der Waals surface area contributed by atoms with Gasteiger partial charge in [-0.15, -0.1) is 0 Å². The van der Waals surface area contributed by atoms with Crippen molar-refractivity contribution in [3.8, 4) is 11.5 Å². The first-order chi connectivity index (χ1) is 12.8. The number of fused-ring (bicyclic) bond motifs is 1. The van der Waals surface area contributed by atoms with Crippen LogP contribution in [0.5, 0.6) is 0 Å². The maximum absolute atomic E-state index is 13.2. The molecular weight excluding hydrogens is 357 g/mol. The van der Waals surface area contributed by atoms with E-state index in [1.807, 2.05) is 13.0 Å². The lowest BCUT2D eigenvalue weighted by Gasteiger charge is -2.10. The van der Waals surface area contributed by atoms with E-state index < -0.39 is 17.5 Å². The summed E-state index contributed by atoms with van der Waals surface area (Å²) in [6.45, 7) is 1.85. The number of aryl methyl sites for hydroxylation is 1. The molecule has 5 nitrogen and oxygen atoms in total. The minimum Gasteiger partial charge on any atom is -0.358 e. The summed E-state index contributed by atoms with van der Waals surface area (Å²) >= 11 is 0. The van der Waals surface area contributed by atoms with E-state index in [1.54, 1.807) is 6.20 Å². The zero-order chi connectivity index (χ0) is 19.2. The Hall–Kier alpha value is -3.42. The number of rotatable bonds is 3. The van der Waals surface area contributed by atoms with Crippen molar-refractivity contribution in [2.45, 2.75) is 13.1 Å². The van der Waals surface area contributed by atoms with Gasteiger partial charge in [-0.2, -0.15) is 13.2 Å². The SMILES string of the molecule is Cc1cc2[nH]c(-c3cc(C(=O)c4ccccc4C(F)(F)F)c[nH]3)nc2cn1. The van der Waals surface area contributed by atoms with Gasteiger partial charge in [0, 0.05) is 23.0 Å². The molecule has 1 aromatic carbocycles. The van der Waals surface area contributed by atoms with E-state index in [2.05, 4.69) is 19.9 Å². The summed E-state index contributed by atoms with van der Waals surface area (Å²) in [5.74, 6) is -0.236. The number of hydrogen-bond acceptors (Lipinski definition) is 3. The highest BCUT2D eigenvalue weighted by Crippen LogP contribution is 2.33. The monoisotopic (exact) mass is 370 g/mol. The van der Waals surface area contributed by atoms with Crippen LogP contribution in [-0.4, -0.2) is 25.7 Å². The topological polar surface area (TPSA) is 74.4 Å². The van der Waals surface area contributed by atoms with E-state index in [-0.39, 0.29) is 11.1 Å². The summed E-state index contributed by atoms with van der Waals surface area (Å²) in [4.78, 5) is 27.2. The molecular formula is C19H13F3N4O. The quantitative estimate of drug-likeness (QED) is 0.521. The van der Waals surface area contributed by atoms with E-state index in [9.17, 15) is 18.0 Å². The first-order valence-corrected chi connectivity index (χ1v) is 8.05. The van der Waals surface area contributed by atoms with Crippen LogP contribution < -0.4 is 0 Å². The molecule has 0 saturated carbocycles. The molecule has 2 N–H and O–H groups in total. The van der Waals surface area contributed by atoms with Crippen molar-refractivity contribution in [2.24, 2.45) is 0 Å². The molecule has 0 saturated heterocycles. The molecule has 0 spiro atoms. The minimum atomic E-state index is -4.60. The lowest BCUT2D eigenvalue weighted by atomic mass is 9.99. The third-order valence-electron chi connectivity index (χ3n) is 4.18. The summed E-state index contributed by atoms with van der Waals surface area (Å²) in [7, 11) is 0. The molecule has 8 heteroatoms. The number of benzene rings is 1. The number of imidazole rings is 1. The van der Waals surface area contributed by atoms with Crippen LogP contribution in [0, 0.1) is 6.92 Å². The van der Waals surface area contributed by atoms with Gasteiger partial charge in [0.25, 0.3) is 0 Å². The molecule has 4 rings (SSSR count). The second kappa shape index (κ2) is 6.08. The van der Waals surface area contributed by atoms with Gasteiger partial charge >= 0.3 is 6.18 Å². The van der Waals surface area contributed by atoms with Crippen molar-refractivity contribution in [1.29, 1.82) is 0 Å². The average molecular weight is 370 g/mol. The number of nitrogens with zero attached hydrogens (tertiary/aromatic N) is 2. The Balaban J connectivity index is 1.71. The fourth-order valence-electron chi connectivity index (χ4n) is 2.89. The van der Waals surface area contributed by atoms with Gasteiger partial charge in [-0.05, 0) is 25.1 Å². The van der Waals surface area contributed by atoms with E-state index in [4.69, 9.17) is 0 Å². The number of aromatic nitrogens is 4. The van der Waals surface area contributed by atoms with Crippen molar-refractivity contribution >= 4 is 16.8 Å². The fourth-order valence-corrected chi connectivity index (χ4v) is 2.89. The Morgan fingerprint density at radius 1 is 1.15 bits per heavy atom. The lowest BCUT2D eigenvalue weighted by molar-refractivity contribution is -0.137. The van der Waals surface area contributed by atoms with Crippen molar-refractivity contribution in [3.05, 3.63) is 71.2 Å². The van der Waals surface area contributed by atoms with Gasteiger partial charge in [-0.1, -0.05) is 18.2 Å². The molecule has 3 aromatic heterocycles. The van der Waals surface area contributed by atoms with E-state index >= 15 is 0 Å². The van der Waals surface area contributed by atoms with Crippen molar-refractivity contribution in [2.75, 3.05) is 0 Å². The van der Waals surface area contributed by atoms with Gasteiger partial charge in [0.05, 0.1) is 23.0 Å². The number of ketones is 1. The van der Waals surface area contributed by atoms with Gasteiger partial charge < -0.3 is 9.97 Å². The molecule has 0 fully saturated rings. The third kappa shape index (κ3) is 3.10. The number of H-pyrrole nitrogens is 2. The summed E-state index contributed by atoms with van der Waals surface area (Å²) in [5.41, 5.74) is 1.53. The highest BCUT2D eigenvalue weighted by atomic mass is 19.4. The molecule has 4 aromatic rings. The van der Waals surface area contributed by atoms with Crippen molar-refractivity contribution in [3.63, 3.8) is 0 Å². The first kappa shape index (κ1) is 17.0. The molecule has 0 radical (unpaired) electrons. The van der Waals surface area contributed by atoms with Crippen LogP contribution in [0.2, 0.25) is 0 Å². The normalized spacial score (nSPS) is 11.9. The number of carbonyl (C=O) groups is 1. The number of aromatic amines is 2. The maximum Gasteiger partial charge on any atom is 0.417 e. The molecule has 136 valence electrons. The number of carbonyl (C=O) groups excluding carboxylic acids is 1. The fraction of sp³-hybridized carbons (Fsp3) is 0.105. The first-order valence-electron chi connectivity index (χ1n) is 8.05. The number of pyridine rings is 1. The van der Waals surface area contributed by atoms with Crippen LogP contribution in [-0.2, 0) is 6.18 Å². The number of nitrogens with one attached hydrogen (secondary N) is 2. The Labute approximate surface area is 151 Å². The average Bonchev–Trinajstić information content (AvgIpc) is 3.26. The molecule has 0 amide bonds. The molecule has 0 atom stereocenters. The summed E-state index contributed by atoms with van der Waals surface area (Å²) in [6, 6.07) is 8.05.